The molecule has 0 heterocycles. The van der Waals surface area contributed by atoms with Gasteiger partial charge in [0.15, 0.2) is 0 Å². The van der Waals surface area contributed by atoms with Crippen molar-refractivity contribution in [2.75, 3.05) is 0 Å². The van der Waals surface area contributed by atoms with Gasteiger partial charge in [-0.1, -0.05) is 0 Å². The van der Waals surface area contributed by atoms with Gasteiger partial charge >= 0.3 is 0 Å². The highest BCUT2D eigenvalue weighted by molar-refractivity contribution is 5.39. The van der Waals surface area contributed by atoms with E-state index in [0.717, 1.165) is 6.07 Å². The second-order valence-electron chi connectivity index (χ2n) is 4.56. The molecule has 1 N–H and O–H groups in total. The van der Waals surface area contributed by atoms with Crippen LogP contribution in [-0.2, 0) is 6.61 Å². The summed E-state index contributed by atoms with van der Waals surface area (Å²) in [6.45, 7) is 1.44. The molecule has 0 saturated heterocycles. The molecule has 0 radical (unpaired) electrons. The first-order valence-corrected chi connectivity index (χ1v) is 6.30. The van der Waals surface area contributed by atoms with Crippen LogP contribution >= 0.6 is 0 Å². The van der Waals surface area contributed by atoms with Gasteiger partial charge in [-0.05, 0) is 37.3 Å². The molecule has 2 aromatic carbocycles. The topological polar surface area (TPSA) is 53.2 Å². The van der Waals surface area contributed by atoms with Crippen molar-refractivity contribution >= 4 is 0 Å². The quantitative estimate of drug-likeness (QED) is 0.937. The summed E-state index contributed by atoms with van der Waals surface area (Å²) in [6, 6.07) is 9.46. The minimum Gasteiger partial charge on any atom is -0.488 e. The third-order valence-electron chi connectivity index (χ3n) is 3.00. The fourth-order valence-electron chi connectivity index (χ4n) is 1.92. The number of aliphatic hydroxyl groups is 1. The zero-order chi connectivity index (χ0) is 15.4. The third kappa shape index (κ3) is 3.56. The molecule has 2 rings (SSSR count). The summed E-state index contributed by atoms with van der Waals surface area (Å²) in [4.78, 5) is 0. The molecule has 1 atom stereocenters. The highest BCUT2D eigenvalue weighted by atomic mass is 19.1. The van der Waals surface area contributed by atoms with Gasteiger partial charge in [0, 0.05) is 17.2 Å². The Bertz CT molecular complexity index is 693. The number of nitrogens with zero attached hydrogens (tertiary/aromatic N) is 1. The Kier molecular flexibility index (Phi) is 4.51. The molecule has 0 spiro atoms. The highest BCUT2D eigenvalue weighted by Gasteiger charge is 2.12. The zero-order valence-corrected chi connectivity index (χ0v) is 11.3. The van der Waals surface area contributed by atoms with Crippen LogP contribution in [0.5, 0.6) is 5.75 Å². The van der Waals surface area contributed by atoms with Crippen LogP contribution in [0.3, 0.4) is 0 Å². The standard InChI is InChI=1S/C16H13F2NO2/c1-10(20)15-5-4-14(18)7-16(15)21-9-12-6-13(17)3-2-11(12)8-19/h2-7,10,20H,9H2,1H3/t10-/m1/s1. The number of nitriles is 1. The van der Waals surface area contributed by atoms with Crippen LogP contribution in [0.1, 0.15) is 29.7 Å². The molecular weight excluding hydrogens is 276 g/mol. The number of halogens is 2. The molecule has 0 aromatic heterocycles. The Labute approximate surface area is 121 Å². The van der Waals surface area contributed by atoms with Crippen LogP contribution in [0.15, 0.2) is 36.4 Å². The first-order chi connectivity index (χ1) is 10.0. The Morgan fingerprint density at radius 1 is 1.19 bits per heavy atom. The van der Waals surface area contributed by atoms with Crippen molar-refractivity contribution in [3.05, 3.63) is 64.7 Å². The molecule has 5 heteroatoms. The van der Waals surface area contributed by atoms with Crippen molar-refractivity contribution in [2.24, 2.45) is 0 Å². The lowest BCUT2D eigenvalue weighted by molar-refractivity contribution is 0.189. The van der Waals surface area contributed by atoms with Gasteiger partial charge in [-0.2, -0.15) is 5.26 Å². The van der Waals surface area contributed by atoms with Crippen molar-refractivity contribution in [1.29, 1.82) is 5.26 Å². The van der Waals surface area contributed by atoms with Gasteiger partial charge in [0.05, 0.1) is 17.7 Å². The predicted molar refractivity (Wildman–Crippen MR) is 72.5 cm³/mol. The van der Waals surface area contributed by atoms with E-state index in [1.807, 2.05) is 6.07 Å². The van der Waals surface area contributed by atoms with Gasteiger partial charge < -0.3 is 9.84 Å². The molecule has 0 amide bonds. The monoisotopic (exact) mass is 289 g/mol. The second-order valence-corrected chi connectivity index (χ2v) is 4.56. The number of aliphatic hydroxyl groups excluding tert-OH is 1. The van der Waals surface area contributed by atoms with E-state index in [0.29, 0.717) is 11.1 Å². The van der Waals surface area contributed by atoms with Crippen molar-refractivity contribution in [3.63, 3.8) is 0 Å². The van der Waals surface area contributed by atoms with Gasteiger partial charge in [-0.3, -0.25) is 0 Å². The molecule has 0 bridgehead atoms. The molecule has 21 heavy (non-hydrogen) atoms. The van der Waals surface area contributed by atoms with E-state index in [9.17, 15) is 13.9 Å². The highest BCUT2D eigenvalue weighted by Crippen LogP contribution is 2.27. The molecule has 0 aliphatic carbocycles. The van der Waals surface area contributed by atoms with E-state index in [4.69, 9.17) is 10.00 Å². The first-order valence-electron chi connectivity index (χ1n) is 6.30. The summed E-state index contributed by atoms with van der Waals surface area (Å²) in [5.74, 6) is -0.824. The van der Waals surface area contributed by atoms with Crippen molar-refractivity contribution in [1.82, 2.24) is 0 Å². The lowest BCUT2D eigenvalue weighted by atomic mass is 10.1. The summed E-state index contributed by atoms with van der Waals surface area (Å²) in [5, 5.41) is 18.6. The normalized spacial score (nSPS) is 11.8. The third-order valence-corrected chi connectivity index (χ3v) is 3.00. The van der Waals surface area contributed by atoms with E-state index < -0.39 is 17.7 Å². The largest absolute Gasteiger partial charge is 0.488 e. The Hall–Kier alpha value is -2.45. The minimum absolute atomic E-state index is 0.0934. The molecule has 108 valence electrons. The zero-order valence-electron chi connectivity index (χ0n) is 11.3. The van der Waals surface area contributed by atoms with E-state index >= 15 is 0 Å². The van der Waals surface area contributed by atoms with Crippen LogP contribution in [0, 0.1) is 23.0 Å². The fraction of sp³-hybridized carbons (Fsp3) is 0.188. The lowest BCUT2D eigenvalue weighted by Crippen LogP contribution is -2.03. The van der Waals surface area contributed by atoms with Crippen LogP contribution in [0.4, 0.5) is 8.78 Å². The molecule has 3 nitrogen and oxygen atoms in total. The van der Waals surface area contributed by atoms with Gasteiger partial charge in [0.25, 0.3) is 0 Å². The van der Waals surface area contributed by atoms with E-state index in [1.165, 1.54) is 37.3 Å². The minimum atomic E-state index is -0.830. The fourth-order valence-corrected chi connectivity index (χ4v) is 1.92. The molecule has 2 aromatic rings. The maximum Gasteiger partial charge on any atom is 0.128 e. The van der Waals surface area contributed by atoms with Crippen molar-refractivity contribution in [3.8, 4) is 11.8 Å². The molecule has 0 fully saturated rings. The SMILES string of the molecule is C[C@@H](O)c1ccc(F)cc1OCc1cc(F)ccc1C#N. The van der Waals surface area contributed by atoms with Crippen LogP contribution in [0.25, 0.3) is 0 Å². The number of rotatable bonds is 4. The summed E-state index contributed by atoms with van der Waals surface area (Å²) in [7, 11) is 0. The molecular formula is C16H13F2NO2. The predicted octanol–water partition coefficient (Wildman–Crippen LogP) is 3.47. The summed E-state index contributed by atoms with van der Waals surface area (Å²) < 4.78 is 31.9. The number of benzene rings is 2. The van der Waals surface area contributed by atoms with Crippen molar-refractivity contribution < 1.29 is 18.6 Å². The number of hydrogen-bond donors (Lipinski definition) is 1. The van der Waals surface area contributed by atoms with Gasteiger partial charge in [-0.15, -0.1) is 0 Å². The second kappa shape index (κ2) is 6.33. The Balaban J connectivity index is 2.26. The molecule has 0 saturated carbocycles. The van der Waals surface area contributed by atoms with E-state index in [1.54, 1.807) is 0 Å². The Morgan fingerprint density at radius 2 is 1.86 bits per heavy atom. The average molecular weight is 289 g/mol. The average Bonchev–Trinajstić information content (AvgIpc) is 2.45. The van der Waals surface area contributed by atoms with E-state index in [-0.39, 0.29) is 17.9 Å². The molecule has 0 aliphatic heterocycles. The first kappa shape index (κ1) is 14.9. The number of ether oxygens (including phenoxy) is 1. The number of hydrogen-bond acceptors (Lipinski definition) is 3. The Morgan fingerprint density at radius 3 is 2.52 bits per heavy atom. The van der Waals surface area contributed by atoms with Crippen LogP contribution < -0.4 is 4.74 Å². The summed E-state index contributed by atoms with van der Waals surface area (Å²) in [5.41, 5.74) is 1.07. The maximum absolute atomic E-state index is 13.3. The van der Waals surface area contributed by atoms with Crippen LogP contribution in [0.2, 0.25) is 0 Å². The van der Waals surface area contributed by atoms with Crippen molar-refractivity contribution in [2.45, 2.75) is 19.6 Å². The smallest absolute Gasteiger partial charge is 0.128 e. The summed E-state index contributed by atoms with van der Waals surface area (Å²) in [6.07, 6.45) is -0.830. The van der Waals surface area contributed by atoms with Gasteiger partial charge in [0.1, 0.15) is 24.0 Å². The maximum atomic E-state index is 13.3. The van der Waals surface area contributed by atoms with Gasteiger partial charge in [0.2, 0.25) is 0 Å². The molecule has 0 aliphatic rings. The van der Waals surface area contributed by atoms with Crippen LogP contribution in [-0.4, -0.2) is 5.11 Å². The lowest BCUT2D eigenvalue weighted by Gasteiger charge is -2.14. The van der Waals surface area contributed by atoms with Gasteiger partial charge in [-0.25, -0.2) is 8.78 Å². The molecule has 0 unspecified atom stereocenters. The summed E-state index contributed by atoms with van der Waals surface area (Å²) >= 11 is 0. The van der Waals surface area contributed by atoms with E-state index in [2.05, 4.69) is 0 Å².